The predicted octanol–water partition coefficient (Wildman–Crippen LogP) is 2.42. The normalized spacial score (nSPS) is 10.7. The van der Waals surface area contributed by atoms with Crippen molar-refractivity contribution >= 4 is 12.0 Å². The first-order valence-corrected chi connectivity index (χ1v) is 6.23. The quantitative estimate of drug-likeness (QED) is 0.696. The van der Waals surface area contributed by atoms with Gasteiger partial charge in [-0.3, -0.25) is 4.79 Å². The molecule has 0 amide bonds. The fraction of sp³-hybridized carbons (Fsp3) is 0.500. The van der Waals surface area contributed by atoms with Crippen LogP contribution in [0.2, 0.25) is 0 Å². The lowest BCUT2D eigenvalue weighted by Crippen LogP contribution is -2.28. The number of aldehydes is 1. The van der Waals surface area contributed by atoms with Crippen LogP contribution in [0.3, 0.4) is 0 Å². The second kappa shape index (κ2) is 7.11. The molecule has 18 heavy (non-hydrogen) atoms. The third-order valence-electron chi connectivity index (χ3n) is 2.90. The maximum Gasteiger partial charge on any atom is 0.155 e. The van der Waals surface area contributed by atoms with Gasteiger partial charge in [0.15, 0.2) is 6.29 Å². The molecule has 0 saturated carbocycles. The summed E-state index contributed by atoms with van der Waals surface area (Å²) in [5, 5.41) is 0. The second-order valence-corrected chi connectivity index (χ2v) is 4.53. The average Bonchev–Trinajstić information content (AvgIpc) is 2.34. The Bertz CT molecular complexity index is 393. The third kappa shape index (κ3) is 3.81. The van der Waals surface area contributed by atoms with Gasteiger partial charge in [-0.15, -0.1) is 0 Å². The van der Waals surface area contributed by atoms with Crippen molar-refractivity contribution in [2.75, 3.05) is 38.6 Å². The van der Waals surface area contributed by atoms with E-state index in [-0.39, 0.29) is 5.56 Å². The van der Waals surface area contributed by atoms with Crippen molar-refractivity contribution in [3.8, 4) is 0 Å². The molecule has 0 radical (unpaired) electrons. The molecule has 0 heterocycles. The van der Waals surface area contributed by atoms with Crippen LogP contribution >= 0.6 is 0 Å². The summed E-state index contributed by atoms with van der Waals surface area (Å²) in [7, 11) is 4.05. The molecule has 1 rings (SSSR count). The van der Waals surface area contributed by atoms with E-state index < -0.39 is 5.82 Å². The Morgan fingerprint density at radius 1 is 1.28 bits per heavy atom. The summed E-state index contributed by atoms with van der Waals surface area (Å²) in [6.07, 6.45) is 1.58. The maximum atomic E-state index is 13.5. The molecular weight excluding hydrogens is 231 g/mol. The Kier molecular flexibility index (Phi) is 5.78. The molecule has 0 unspecified atom stereocenters. The highest BCUT2D eigenvalue weighted by Crippen LogP contribution is 2.21. The van der Waals surface area contributed by atoms with Crippen LogP contribution in [-0.4, -0.2) is 44.9 Å². The van der Waals surface area contributed by atoms with Crippen LogP contribution in [0.25, 0.3) is 0 Å². The van der Waals surface area contributed by atoms with E-state index in [0.717, 1.165) is 26.1 Å². The molecule has 0 atom stereocenters. The summed E-state index contributed by atoms with van der Waals surface area (Å²) < 4.78 is 13.5. The molecule has 0 aromatic heterocycles. The topological polar surface area (TPSA) is 23.6 Å². The van der Waals surface area contributed by atoms with Crippen molar-refractivity contribution in [3.05, 3.63) is 29.6 Å². The lowest BCUT2D eigenvalue weighted by molar-refractivity contribution is 0.112. The highest BCUT2D eigenvalue weighted by atomic mass is 19.1. The monoisotopic (exact) mass is 252 g/mol. The minimum Gasteiger partial charge on any atom is -0.371 e. The molecule has 3 nitrogen and oxygen atoms in total. The highest BCUT2D eigenvalue weighted by Gasteiger charge is 2.12. The van der Waals surface area contributed by atoms with Gasteiger partial charge in [-0.2, -0.15) is 0 Å². The molecule has 0 bridgehead atoms. The Labute approximate surface area is 108 Å². The first-order valence-electron chi connectivity index (χ1n) is 6.23. The molecule has 0 aliphatic rings. The number of benzene rings is 1. The van der Waals surface area contributed by atoms with E-state index in [1.54, 1.807) is 12.1 Å². The van der Waals surface area contributed by atoms with E-state index in [0.29, 0.717) is 12.0 Å². The standard InChI is InChI=1S/C14H21FN2O/c1-4-17(10-6-9-16(2)3)14-8-5-7-13(15)12(14)11-18/h5,7-8,11H,4,6,9-10H2,1-3H3. The number of hydrogen-bond donors (Lipinski definition) is 0. The van der Waals surface area contributed by atoms with E-state index in [1.165, 1.54) is 6.07 Å². The highest BCUT2D eigenvalue weighted by molar-refractivity contribution is 5.85. The minimum absolute atomic E-state index is 0.157. The van der Waals surface area contributed by atoms with Gasteiger partial charge < -0.3 is 9.80 Å². The van der Waals surface area contributed by atoms with Crippen molar-refractivity contribution in [1.29, 1.82) is 0 Å². The number of rotatable bonds is 7. The zero-order chi connectivity index (χ0) is 13.5. The van der Waals surface area contributed by atoms with E-state index in [1.807, 2.05) is 25.9 Å². The van der Waals surface area contributed by atoms with Crippen molar-refractivity contribution < 1.29 is 9.18 Å². The maximum absolute atomic E-state index is 13.5. The molecule has 0 spiro atoms. The van der Waals surface area contributed by atoms with Gasteiger partial charge in [-0.1, -0.05) is 6.07 Å². The van der Waals surface area contributed by atoms with Crippen molar-refractivity contribution in [3.63, 3.8) is 0 Å². The molecular formula is C14H21FN2O. The summed E-state index contributed by atoms with van der Waals surface area (Å²) >= 11 is 0. The lowest BCUT2D eigenvalue weighted by atomic mass is 10.1. The Hall–Kier alpha value is -1.42. The number of carbonyl (C=O) groups excluding carboxylic acids is 1. The van der Waals surface area contributed by atoms with Crippen LogP contribution in [0.15, 0.2) is 18.2 Å². The van der Waals surface area contributed by atoms with Crippen molar-refractivity contribution in [2.45, 2.75) is 13.3 Å². The molecule has 0 fully saturated rings. The van der Waals surface area contributed by atoms with Gasteiger partial charge in [0.1, 0.15) is 5.82 Å². The van der Waals surface area contributed by atoms with Crippen molar-refractivity contribution in [1.82, 2.24) is 4.90 Å². The second-order valence-electron chi connectivity index (χ2n) is 4.53. The van der Waals surface area contributed by atoms with E-state index >= 15 is 0 Å². The van der Waals surface area contributed by atoms with Gasteiger partial charge in [0.05, 0.1) is 11.3 Å². The zero-order valence-electron chi connectivity index (χ0n) is 11.3. The zero-order valence-corrected chi connectivity index (χ0v) is 11.3. The van der Waals surface area contributed by atoms with Gasteiger partial charge in [0, 0.05) is 13.1 Å². The minimum atomic E-state index is -0.450. The van der Waals surface area contributed by atoms with Crippen LogP contribution < -0.4 is 4.90 Å². The predicted molar refractivity (Wildman–Crippen MR) is 72.8 cm³/mol. The number of halogens is 1. The Morgan fingerprint density at radius 2 is 2.00 bits per heavy atom. The van der Waals surface area contributed by atoms with E-state index in [2.05, 4.69) is 4.90 Å². The van der Waals surface area contributed by atoms with Gasteiger partial charge in [0.2, 0.25) is 0 Å². The largest absolute Gasteiger partial charge is 0.371 e. The van der Waals surface area contributed by atoms with Crippen LogP contribution in [0.5, 0.6) is 0 Å². The van der Waals surface area contributed by atoms with E-state index in [9.17, 15) is 9.18 Å². The van der Waals surface area contributed by atoms with Gasteiger partial charge >= 0.3 is 0 Å². The SMILES string of the molecule is CCN(CCCN(C)C)c1cccc(F)c1C=O. The summed E-state index contributed by atoms with van der Waals surface area (Å²) in [4.78, 5) is 15.1. The molecule has 0 aliphatic heterocycles. The number of carbonyl (C=O) groups is 1. The first kappa shape index (κ1) is 14.6. The summed E-state index contributed by atoms with van der Waals surface area (Å²) in [6, 6.07) is 4.76. The molecule has 1 aromatic rings. The number of anilines is 1. The molecule has 0 aliphatic carbocycles. The summed E-state index contributed by atoms with van der Waals surface area (Å²) in [5.41, 5.74) is 0.843. The lowest BCUT2D eigenvalue weighted by Gasteiger charge is -2.25. The van der Waals surface area contributed by atoms with Crippen LogP contribution in [0, 0.1) is 5.82 Å². The first-order chi connectivity index (χ1) is 8.60. The smallest absolute Gasteiger partial charge is 0.155 e. The third-order valence-corrected chi connectivity index (χ3v) is 2.90. The average molecular weight is 252 g/mol. The van der Waals surface area contributed by atoms with Crippen LogP contribution in [0.1, 0.15) is 23.7 Å². The van der Waals surface area contributed by atoms with Gasteiger partial charge in [0.25, 0.3) is 0 Å². The fourth-order valence-electron chi connectivity index (χ4n) is 1.94. The van der Waals surface area contributed by atoms with Gasteiger partial charge in [-0.05, 0) is 46.1 Å². The molecule has 4 heteroatoms. The van der Waals surface area contributed by atoms with Gasteiger partial charge in [-0.25, -0.2) is 4.39 Å². The van der Waals surface area contributed by atoms with E-state index in [4.69, 9.17) is 0 Å². The Morgan fingerprint density at radius 3 is 2.56 bits per heavy atom. The number of hydrogen-bond acceptors (Lipinski definition) is 3. The van der Waals surface area contributed by atoms with Crippen LogP contribution in [0.4, 0.5) is 10.1 Å². The Balaban J connectivity index is 2.81. The number of nitrogens with zero attached hydrogens (tertiary/aromatic N) is 2. The molecule has 0 saturated heterocycles. The molecule has 100 valence electrons. The summed E-state index contributed by atoms with van der Waals surface area (Å²) in [5.74, 6) is -0.450. The molecule has 1 aromatic carbocycles. The summed E-state index contributed by atoms with van der Waals surface area (Å²) in [6.45, 7) is 4.56. The van der Waals surface area contributed by atoms with Crippen LogP contribution in [-0.2, 0) is 0 Å². The fourth-order valence-corrected chi connectivity index (χ4v) is 1.94. The molecule has 0 N–H and O–H groups in total. The van der Waals surface area contributed by atoms with Crippen molar-refractivity contribution in [2.24, 2.45) is 0 Å².